The molecular weight excluding hydrogens is 257 g/mol. The van der Waals surface area contributed by atoms with E-state index >= 15 is 0 Å². The summed E-state index contributed by atoms with van der Waals surface area (Å²) in [6, 6.07) is 3.89. The van der Waals surface area contributed by atoms with Crippen molar-refractivity contribution in [3.05, 3.63) is 27.7 Å². The summed E-state index contributed by atoms with van der Waals surface area (Å²) >= 11 is 12.3. The fourth-order valence-electron chi connectivity index (χ4n) is 2.22. The number of halogens is 2. The molecule has 4 heteroatoms. The Morgan fingerprint density at radius 3 is 2.88 bits per heavy atom. The largest absolute Gasteiger partial charge is 0.490 e. The smallest absolute Gasteiger partial charge is 0.127 e. The summed E-state index contributed by atoms with van der Waals surface area (Å²) in [6.07, 6.45) is 2.23. The van der Waals surface area contributed by atoms with Crippen LogP contribution in [0.2, 0.25) is 10.0 Å². The number of rotatable bonds is 3. The minimum Gasteiger partial charge on any atom is -0.490 e. The van der Waals surface area contributed by atoms with Crippen molar-refractivity contribution in [2.75, 3.05) is 6.54 Å². The highest BCUT2D eigenvalue weighted by molar-refractivity contribution is 6.35. The van der Waals surface area contributed by atoms with Crippen LogP contribution < -0.4 is 10.1 Å². The summed E-state index contributed by atoms with van der Waals surface area (Å²) in [5.41, 5.74) is 1.04. The molecule has 1 N–H and O–H groups in total. The molecule has 0 spiro atoms. The quantitative estimate of drug-likeness (QED) is 0.891. The minimum absolute atomic E-state index is 0.186. The molecule has 0 radical (unpaired) electrons. The highest BCUT2D eigenvalue weighted by Crippen LogP contribution is 2.41. The third-order valence-corrected chi connectivity index (χ3v) is 3.47. The topological polar surface area (TPSA) is 21.3 Å². The van der Waals surface area contributed by atoms with E-state index in [4.69, 9.17) is 27.9 Å². The maximum atomic E-state index is 6.26. The average Bonchev–Trinajstić information content (AvgIpc) is 2.24. The summed E-state index contributed by atoms with van der Waals surface area (Å²) in [5, 5.41) is 4.82. The molecule has 1 heterocycles. The van der Waals surface area contributed by atoms with Crippen LogP contribution in [0, 0.1) is 0 Å². The highest BCUT2D eigenvalue weighted by Gasteiger charge is 2.28. The fourth-order valence-corrected chi connectivity index (χ4v) is 2.82. The molecule has 2 atom stereocenters. The van der Waals surface area contributed by atoms with E-state index in [-0.39, 0.29) is 12.1 Å². The molecule has 0 fully saturated rings. The lowest BCUT2D eigenvalue weighted by molar-refractivity contribution is 0.166. The van der Waals surface area contributed by atoms with Crippen molar-refractivity contribution in [1.82, 2.24) is 5.32 Å². The van der Waals surface area contributed by atoms with Gasteiger partial charge in [-0.05, 0) is 32.0 Å². The zero-order chi connectivity index (χ0) is 12.4. The first-order valence-corrected chi connectivity index (χ1v) is 6.76. The number of nitrogens with one attached hydrogen (secondary N) is 1. The second-order valence-electron chi connectivity index (χ2n) is 4.47. The van der Waals surface area contributed by atoms with Crippen LogP contribution in [0.5, 0.6) is 5.75 Å². The van der Waals surface area contributed by atoms with Crippen LogP contribution in [0.4, 0.5) is 0 Å². The number of ether oxygens (including phenoxy) is 1. The summed E-state index contributed by atoms with van der Waals surface area (Å²) in [5.74, 6) is 0.815. The van der Waals surface area contributed by atoms with E-state index in [0.29, 0.717) is 10.0 Å². The van der Waals surface area contributed by atoms with Gasteiger partial charge in [0, 0.05) is 23.0 Å². The molecule has 17 heavy (non-hydrogen) atoms. The molecule has 0 saturated heterocycles. The van der Waals surface area contributed by atoms with Crippen LogP contribution in [0.3, 0.4) is 0 Å². The number of hydrogen-bond acceptors (Lipinski definition) is 2. The third-order valence-electron chi connectivity index (χ3n) is 2.94. The molecule has 0 amide bonds. The Labute approximate surface area is 112 Å². The van der Waals surface area contributed by atoms with E-state index in [1.54, 1.807) is 6.07 Å². The molecule has 1 aliphatic rings. The lowest BCUT2D eigenvalue weighted by Crippen LogP contribution is -2.32. The fraction of sp³-hybridized carbons (Fsp3) is 0.538. The molecule has 2 nitrogen and oxygen atoms in total. The van der Waals surface area contributed by atoms with Gasteiger partial charge in [-0.15, -0.1) is 0 Å². The predicted octanol–water partition coefficient (Wildman–Crippen LogP) is 4.21. The molecule has 1 aromatic rings. The van der Waals surface area contributed by atoms with Crippen LogP contribution in [0.1, 0.15) is 38.3 Å². The van der Waals surface area contributed by atoms with Crippen LogP contribution in [0.25, 0.3) is 0 Å². The van der Waals surface area contributed by atoms with Gasteiger partial charge in [-0.1, -0.05) is 30.1 Å². The van der Waals surface area contributed by atoms with E-state index in [1.807, 2.05) is 6.07 Å². The second kappa shape index (κ2) is 5.47. The van der Waals surface area contributed by atoms with Gasteiger partial charge in [-0.3, -0.25) is 0 Å². The molecule has 2 rings (SSSR count). The molecule has 0 aromatic heterocycles. The van der Waals surface area contributed by atoms with Crippen molar-refractivity contribution in [3.8, 4) is 5.75 Å². The van der Waals surface area contributed by atoms with Gasteiger partial charge in [0.15, 0.2) is 0 Å². The van der Waals surface area contributed by atoms with E-state index < -0.39 is 0 Å². The van der Waals surface area contributed by atoms with Crippen molar-refractivity contribution >= 4 is 23.2 Å². The van der Waals surface area contributed by atoms with Crippen LogP contribution >= 0.6 is 23.2 Å². The zero-order valence-electron chi connectivity index (χ0n) is 10.1. The normalized spacial score (nSPS) is 23.1. The van der Waals surface area contributed by atoms with Crippen LogP contribution in [-0.2, 0) is 0 Å². The zero-order valence-corrected chi connectivity index (χ0v) is 11.6. The van der Waals surface area contributed by atoms with Gasteiger partial charge in [0.05, 0.1) is 11.1 Å². The molecule has 1 aliphatic heterocycles. The number of fused-ring (bicyclic) bond motifs is 1. The van der Waals surface area contributed by atoms with Crippen LogP contribution in [-0.4, -0.2) is 12.6 Å². The number of hydrogen-bond donors (Lipinski definition) is 1. The van der Waals surface area contributed by atoms with Gasteiger partial charge >= 0.3 is 0 Å². The van der Waals surface area contributed by atoms with E-state index in [9.17, 15) is 0 Å². The molecule has 0 bridgehead atoms. The Hall–Kier alpha value is -0.440. The molecular formula is C13H17Cl2NO. The minimum atomic E-state index is 0.186. The Balaban J connectivity index is 2.34. The maximum Gasteiger partial charge on any atom is 0.127 e. The molecule has 2 unspecified atom stereocenters. The predicted molar refractivity (Wildman–Crippen MR) is 72.2 cm³/mol. The van der Waals surface area contributed by atoms with Crippen molar-refractivity contribution in [3.63, 3.8) is 0 Å². The Bertz CT molecular complexity index is 409. The monoisotopic (exact) mass is 273 g/mol. The SMILES string of the molecule is CCCNC1CC(C)Oc2cc(Cl)cc(Cl)c21. The Morgan fingerprint density at radius 1 is 1.41 bits per heavy atom. The van der Waals surface area contributed by atoms with Gasteiger partial charge in [-0.25, -0.2) is 0 Å². The van der Waals surface area contributed by atoms with Crippen LogP contribution in [0.15, 0.2) is 12.1 Å². The summed E-state index contributed by atoms with van der Waals surface area (Å²) in [7, 11) is 0. The third kappa shape index (κ3) is 2.87. The van der Waals surface area contributed by atoms with Crippen molar-refractivity contribution in [2.45, 2.75) is 38.8 Å². The van der Waals surface area contributed by atoms with E-state index in [0.717, 1.165) is 30.7 Å². The second-order valence-corrected chi connectivity index (χ2v) is 5.31. The summed E-state index contributed by atoms with van der Waals surface area (Å²) in [6.45, 7) is 5.20. The van der Waals surface area contributed by atoms with Gasteiger partial charge in [0.2, 0.25) is 0 Å². The molecule has 94 valence electrons. The molecule has 0 saturated carbocycles. The lowest BCUT2D eigenvalue weighted by Gasteiger charge is -2.32. The van der Waals surface area contributed by atoms with Gasteiger partial charge < -0.3 is 10.1 Å². The molecule has 1 aromatic carbocycles. The van der Waals surface area contributed by atoms with Crippen molar-refractivity contribution < 1.29 is 4.74 Å². The highest BCUT2D eigenvalue weighted by atomic mass is 35.5. The number of benzene rings is 1. The lowest BCUT2D eigenvalue weighted by atomic mass is 9.97. The van der Waals surface area contributed by atoms with Crippen molar-refractivity contribution in [1.29, 1.82) is 0 Å². The Morgan fingerprint density at radius 2 is 2.18 bits per heavy atom. The first kappa shape index (κ1) is 13.0. The summed E-state index contributed by atoms with van der Waals surface area (Å²) < 4.78 is 5.79. The first-order chi connectivity index (χ1) is 8.11. The van der Waals surface area contributed by atoms with Gasteiger partial charge in [-0.2, -0.15) is 0 Å². The Kier molecular flexibility index (Phi) is 4.18. The molecule has 0 aliphatic carbocycles. The standard InChI is InChI=1S/C13H17Cl2NO/c1-3-4-16-11-5-8(2)17-12-7-9(14)6-10(15)13(11)12/h6-8,11,16H,3-5H2,1-2H3. The average molecular weight is 274 g/mol. The van der Waals surface area contributed by atoms with Gasteiger partial charge in [0.1, 0.15) is 5.75 Å². The summed E-state index contributed by atoms with van der Waals surface area (Å²) in [4.78, 5) is 0. The maximum absolute atomic E-state index is 6.26. The van der Waals surface area contributed by atoms with Gasteiger partial charge in [0.25, 0.3) is 0 Å². The first-order valence-electron chi connectivity index (χ1n) is 6.00. The van der Waals surface area contributed by atoms with Crippen molar-refractivity contribution in [2.24, 2.45) is 0 Å². The van der Waals surface area contributed by atoms with E-state index in [2.05, 4.69) is 19.2 Å². The van der Waals surface area contributed by atoms with E-state index in [1.165, 1.54) is 0 Å².